The lowest BCUT2D eigenvalue weighted by molar-refractivity contribution is 0.0859. The first kappa shape index (κ1) is 16.7. The number of carbonyl (C=O) groups is 1. The van der Waals surface area contributed by atoms with E-state index in [0.717, 1.165) is 41.8 Å². The molecule has 3 aromatic rings. The van der Waals surface area contributed by atoms with Crippen LogP contribution in [0.15, 0.2) is 36.4 Å². The summed E-state index contributed by atoms with van der Waals surface area (Å²) in [7, 11) is 1.85. The van der Waals surface area contributed by atoms with Gasteiger partial charge in [-0.1, -0.05) is 30.3 Å². The summed E-state index contributed by atoms with van der Waals surface area (Å²) in [4.78, 5) is 17.7. The fraction of sp³-hybridized carbons (Fsp3) is 0.350. The second-order valence-electron chi connectivity index (χ2n) is 6.67. The number of pyridine rings is 1. The Morgan fingerprint density at radius 3 is 2.88 bits per heavy atom. The Balaban J connectivity index is 1.74. The Morgan fingerprint density at radius 2 is 2.15 bits per heavy atom. The molecule has 26 heavy (non-hydrogen) atoms. The van der Waals surface area contributed by atoms with Gasteiger partial charge >= 0.3 is 0 Å². The quantitative estimate of drug-likeness (QED) is 0.785. The topological polar surface area (TPSA) is 69.0 Å². The average Bonchev–Trinajstić information content (AvgIpc) is 3.28. The number of rotatable bonds is 4. The Morgan fingerprint density at radius 1 is 1.35 bits per heavy atom. The summed E-state index contributed by atoms with van der Waals surface area (Å²) >= 11 is 0. The maximum absolute atomic E-state index is 12.9. The van der Waals surface area contributed by atoms with E-state index in [0.29, 0.717) is 17.8 Å². The number of hydrogen-bond acceptors (Lipinski definition) is 4. The van der Waals surface area contributed by atoms with Crippen molar-refractivity contribution in [2.24, 2.45) is 7.05 Å². The Hall–Kier alpha value is -2.73. The minimum Gasteiger partial charge on any atom is -0.376 e. The fourth-order valence-corrected chi connectivity index (χ4v) is 3.49. The van der Waals surface area contributed by atoms with E-state index in [9.17, 15) is 4.79 Å². The van der Waals surface area contributed by atoms with Gasteiger partial charge in [0.05, 0.1) is 28.4 Å². The SMILES string of the molecule is Cc1nn(C)c2nc(-c3ccccc3)cc(C(=O)NC[C@@H]3CCCO3)c12. The molecule has 0 bridgehead atoms. The lowest BCUT2D eigenvalue weighted by Gasteiger charge is -2.12. The van der Waals surface area contributed by atoms with Crippen LogP contribution in [0.25, 0.3) is 22.3 Å². The smallest absolute Gasteiger partial charge is 0.252 e. The van der Waals surface area contributed by atoms with E-state index in [1.807, 2.05) is 50.4 Å². The predicted molar refractivity (Wildman–Crippen MR) is 100.0 cm³/mol. The molecule has 0 unspecified atom stereocenters. The number of nitrogens with zero attached hydrogens (tertiary/aromatic N) is 3. The summed E-state index contributed by atoms with van der Waals surface area (Å²) in [5.74, 6) is -0.110. The van der Waals surface area contributed by atoms with Gasteiger partial charge in [0.15, 0.2) is 5.65 Å². The van der Waals surface area contributed by atoms with Crippen LogP contribution in [0.5, 0.6) is 0 Å². The maximum Gasteiger partial charge on any atom is 0.252 e. The maximum atomic E-state index is 12.9. The average molecular weight is 350 g/mol. The zero-order valence-electron chi connectivity index (χ0n) is 15.0. The number of carbonyl (C=O) groups excluding carboxylic acids is 1. The van der Waals surface area contributed by atoms with E-state index in [1.165, 1.54) is 0 Å². The van der Waals surface area contributed by atoms with Crippen LogP contribution in [0.3, 0.4) is 0 Å². The molecule has 6 heteroatoms. The molecule has 134 valence electrons. The van der Waals surface area contributed by atoms with Crippen molar-refractivity contribution < 1.29 is 9.53 Å². The lowest BCUT2D eigenvalue weighted by atomic mass is 10.0. The van der Waals surface area contributed by atoms with Crippen molar-refractivity contribution in [1.29, 1.82) is 0 Å². The molecule has 1 aliphatic rings. The van der Waals surface area contributed by atoms with Crippen LogP contribution in [0, 0.1) is 6.92 Å². The highest BCUT2D eigenvalue weighted by atomic mass is 16.5. The van der Waals surface area contributed by atoms with Crippen LogP contribution >= 0.6 is 0 Å². The van der Waals surface area contributed by atoms with Crippen molar-refractivity contribution >= 4 is 16.9 Å². The molecular formula is C20H22N4O2. The number of fused-ring (bicyclic) bond motifs is 1. The molecule has 2 aromatic heterocycles. The number of amides is 1. The molecule has 0 radical (unpaired) electrons. The van der Waals surface area contributed by atoms with Crippen LogP contribution in [-0.4, -0.2) is 39.9 Å². The van der Waals surface area contributed by atoms with E-state index in [1.54, 1.807) is 4.68 Å². The zero-order chi connectivity index (χ0) is 18.1. The Labute approximate surface area is 152 Å². The molecule has 1 aliphatic heterocycles. The molecule has 1 saturated heterocycles. The summed E-state index contributed by atoms with van der Waals surface area (Å²) in [5, 5.41) is 8.28. The third kappa shape index (κ3) is 3.08. The molecular weight excluding hydrogens is 328 g/mol. The van der Waals surface area contributed by atoms with Gasteiger partial charge in [-0.25, -0.2) is 4.98 Å². The van der Waals surface area contributed by atoms with E-state index in [4.69, 9.17) is 9.72 Å². The minimum atomic E-state index is -0.110. The molecule has 1 aromatic carbocycles. The number of benzene rings is 1. The summed E-state index contributed by atoms with van der Waals surface area (Å²) < 4.78 is 7.33. The van der Waals surface area contributed by atoms with Gasteiger partial charge in [0, 0.05) is 25.8 Å². The first-order chi connectivity index (χ1) is 12.6. The number of aryl methyl sites for hydroxylation is 2. The number of hydrogen-bond donors (Lipinski definition) is 1. The van der Waals surface area contributed by atoms with E-state index >= 15 is 0 Å². The third-order valence-corrected chi connectivity index (χ3v) is 4.80. The third-order valence-electron chi connectivity index (χ3n) is 4.80. The van der Waals surface area contributed by atoms with Crippen LogP contribution < -0.4 is 5.32 Å². The summed E-state index contributed by atoms with van der Waals surface area (Å²) in [5.41, 5.74) is 3.87. The normalized spacial score (nSPS) is 16.9. The first-order valence-corrected chi connectivity index (χ1v) is 8.93. The summed E-state index contributed by atoms with van der Waals surface area (Å²) in [6, 6.07) is 11.7. The van der Waals surface area contributed by atoms with Gasteiger partial charge in [-0.2, -0.15) is 5.10 Å². The van der Waals surface area contributed by atoms with Gasteiger partial charge in [0.25, 0.3) is 5.91 Å². The molecule has 6 nitrogen and oxygen atoms in total. The largest absolute Gasteiger partial charge is 0.376 e. The van der Waals surface area contributed by atoms with E-state index in [-0.39, 0.29) is 12.0 Å². The molecule has 3 heterocycles. The van der Waals surface area contributed by atoms with Gasteiger partial charge < -0.3 is 10.1 Å². The number of ether oxygens (including phenoxy) is 1. The summed E-state index contributed by atoms with van der Waals surface area (Å²) in [6.07, 6.45) is 2.16. The highest BCUT2D eigenvalue weighted by Gasteiger charge is 2.21. The molecule has 0 aliphatic carbocycles. The van der Waals surface area contributed by atoms with Crippen LogP contribution in [0.2, 0.25) is 0 Å². The van der Waals surface area contributed by atoms with Crippen molar-refractivity contribution in [3.63, 3.8) is 0 Å². The van der Waals surface area contributed by atoms with Crippen molar-refractivity contribution in [3.8, 4) is 11.3 Å². The molecule has 0 saturated carbocycles. The van der Waals surface area contributed by atoms with Crippen LogP contribution in [0.1, 0.15) is 28.9 Å². The lowest BCUT2D eigenvalue weighted by Crippen LogP contribution is -2.32. The monoisotopic (exact) mass is 350 g/mol. The van der Waals surface area contributed by atoms with Crippen LogP contribution in [-0.2, 0) is 11.8 Å². The second-order valence-corrected chi connectivity index (χ2v) is 6.67. The highest BCUT2D eigenvalue weighted by molar-refractivity contribution is 6.07. The van der Waals surface area contributed by atoms with Crippen molar-refractivity contribution in [3.05, 3.63) is 47.7 Å². The first-order valence-electron chi connectivity index (χ1n) is 8.93. The molecule has 4 rings (SSSR count). The Kier molecular flexibility index (Phi) is 4.42. The number of aromatic nitrogens is 3. The minimum absolute atomic E-state index is 0.110. The molecule has 1 fully saturated rings. The van der Waals surface area contributed by atoms with Gasteiger partial charge in [-0.15, -0.1) is 0 Å². The Bertz CT molecular complexity index is 943. The fourth-order valence-electron chi connectivity index (χ4n) is 3.49. The van der Waals surface area contributed by atoms with Gasteiger partial charge in [-0.05, 0) is 25.8 Å². The summed E-state index contributed by atoms with van der Waals surface area (Å²) in [6.45, 7) is 3.21. The van der Waals surface area contributed by atoms with Crippen LogP contribution in [0.4, 0.5) is 0 Å². The van der Waals surface area contributed by atoms with Crippen molar-refractivity contribution in [2.45, 2.75) is 25.9 Å². The van der Waals surface area contributed by atoms with Crippen molar-refractivity contribution in [1.82, 2.24) is 20.1 Å². The number of nitrogens with one attached hydrogen (secondary N) is 1. The van der Waals surface area contributed by atoms with Crippen molar-refractivity contribution in [2.75, 3.05) is 13.2 Å². The van der Waals surface area contributed by atoms with Gasteiger partial charge in [-0.3, -0.25) is 9.48 Å². The highest BCUT2D eigenvalue weighted by Crippen LogP contribution is 2.26. The molecule has 1 atom stereocenters. The molecule has 1 amide bonds. The molecule has 1 N–H and O–H groups in total. The predicted octanol–water partition coefficient (Wildman–Crippen LogP) is 2.85. The van der Waals surface area contributed by atoms with Gasteiger partial charge in [0.1, 0.15) is 0 Å². The molecule has 0 spiro atoms. The standard InChI is InChI=1S/C20H22N4O2/c1-13-18-16(20(25)21-12-15-9-6-10-26-15)11-17(14-7-4-3-5-8-14)22-19(18)24(2)23-13/h3-5,7-8,11,15H,6,9-10,12H2,1-2H3,(H,21,25)/t15-/m0/s1. The zero-order valence-corrected chi connectivity index (χ0v) is 15.0. The second kappa shape index (κ2) is 6.88. The van der Waals surface area contributed by atoms with Gasteiger partial charge in [0.2, 0.25) is 0 Å². The van der Waals surface area contributed by atoms with E-state index < -0.39 is 0 Å². The van der Waals surface area contributed by atoms with E-state index in [2.05, 4.69) is 10.4 Å².